The van der Waals surface area contributed by atoms with Crippen LogP contribution in [0.15, 0.2) is 21.7 Å². The number of nitrogens with one attached hydrogen (secondary N) is 2. The van der Waals surface area contributed by atoms with Crippen LogP contribution in [0.3, 0.4) is 0 Å². The quantitative estimate of drug-likeness (QED) is 0.819. The molecule has 2 unspecified atom stereocenters. The Balaban J connectivity index is 0.00000169. The van der Waals surface area contributed by atoms with Crippen LogP contribution in [0.1, 0.15) is 30.7 Å². The normalized spacial score (nSPS) is 26.3. The van der Waals surface area contributed by atoms with Crippen molar-refractivity contribution >= 4 is 45.1 Å². The zero-order chi connectivity index (χ0) is 16.0. The molecule has 0 amide bonds. The topological polar surface area (TPSA) is 71.1 Å². The molecule has 2 bridgehead atoms. The minimum absolute atomic E-state index is 0. The van der Waals surface area contributed by atoms with Gasteiger partial charge in [0.05, 0.1) is 15.6 Å². The van der Waals surface area contributed by atoms with E-state index in [2.05, 4.69) is 15.0 Å². The number of rotatable bonds is 4. The fourth-order valence-electron chi connectivity index (χ4n) is 3.51. The maximum Gasteiger partial charge on any atom is 0.250 e. The van der Waals surface area contributed by atoms with E-state index in [1.54, 1.807) is 17.4 Å². The van der Waals surface area contributed by atoms with Crippen molar-refractivity contribution in [2.75, 3.05) is 0 Å². The number of fused-ring (bicyclic) bond motifs is 2. The van der Waals surface area contributed by atoms with Crippen LogP contribution in [0, 0.1) is 6.92 Å². The largest absolute Gasteiger partial charge is 0.311 e. The van der Waals surface area contributed by atoms with E-state index in [1.807, 2.05) is 18.4 Å². The molecule has 2 N–H and O–H groups in total. The molecule has 2 atom stereocenters. The lowest BCUT2D eigenvalue weighted by atomic mass is 10.0. The van der Waals surface area contributed by atoms with E-state index in [-0.39, 0.29) is 18.4 Å². The number of nitrogens with zero attached hydrogens (tertiary/aromatic N) is 1. The second kappa shape index (κ2) is 7.01. The number of aromatic nitrogens is 1. The Hall–Kier alpha value is -0.510. The third kappa shape index (κ3) is 3.68. The highest BCUT2D eigenvalue weighted by Crippen LogP contribution is 2.32. The number of hydrogen-bond donors (Lipinski definition) is 2. The predicted molar refractivity (Wildman–Crippen MR) is 101 cm³/mol. The van der Waals surface area contributed by atoms with Crippen molar-refractivity contribution in [3.05, 3.63) is 22.5 Å². The van der Waals surface area contributed by atoms with E-state index in [0.29, 0.717) is 16.3 Å². The molecule has 0 radical (unpaired) electrons. The third-order valence-electron chi connectivity index (χ3n) is 4.51. The standard InChI is InChI=1S/C15H19N3O2S3.ClH/c1-9-16-13(8-21-9)14-4-5-15(22-14)23(19,20)18-12-6-10-2-3-11(7-12)17-10;/h4-5,8,10-12,17-18H,2-3,6-7H2,1H3;1H. The summed E-state index contributed by atoms with van der Waals surface area (Å²) in [7, 11) is -3.44. The van der Waals surface area contributed by atoms with Crippen molar-refractivity contribution in [3.8, 4) is 10.6 Å². The minimum Gasteiger partial charge on any atom is -0.311 e. The Kier molecular flexibility index (Phi) is 5.34. The molecule has 4 heterocycles. The van der Waals surface area contributed by atoms with Gasteiger partial charge < -0.3 is 5.32 Å². The maximum atomic E-state index is 12.6. The molecule has 0 spiro atoms. The Morgan fingerprint density at radius 1 is 1.25 bits per heavy atom. The van der Waals surface area contributed by atoms with Crippen LogP contribution in [-0.4, -0.2) is 31.5 Å². The number of thiophene rings is 1. The van der Waals surface area contributed by atoms with Gasteiger partial charge in [0.25, 0.3) is 0 Å². The van der Waals surface area contributed by atoms with Gasteiger partial charge >= 0.3 is 0 Å². The lowest BCUT2D eigenvalue weighted by Gasteiger charge is -2.29. The Morgan fingerprint density at radius 3 is 2.58 bits per heavy atom. The number of aryl methyl sites for hydroxylation is 1. The summed E-state index contributed by atoms with van der Waals surface area (Å²) in [6, 6.07) is 4.52. The van der Waals surface area contributed by atoms with Gasteiger partial charge in [-0.1, -0.05) is 0 Å². The van der Waals surface area contributed by atoms with Crippen molar-refractivity contribution in [2.24, 2.45) is 0 Å². The third-order valence-corrected chi connectivity index (χ3v) is 8.41. The first kappa shape index (κ1) is 18.3. The second-order valence-corrected chi connectivity index (χ2v) is 10.4. The van der Waals surface area contributed by atoms with Crippen LogP contribution >= 0.6 is 35.1 Å². The second-order valence-electron chi connectivity index (χ2n) is 6.30. The molecule has 2 aromatic heterocycles. The molecule has 4 rings (SSSR count). The maximum absolute atomic E-state index is 12.6. The summed E-state index contributed by atoms with van der Waals surface area (Å²) < 4.78 is 28.6. The van der Waals surface area contributed by atoms with E-state index in [9.17, 15) is 8.42 Å². The van der Waals surface area contributed by atoms with Crippen molar-refractivity contribution in [2.45, 2.75) is 54.9 Å². The molecular weight excluding hydrogens is 386 g/mol. The van der Waals surface area contributed by atoms with E-state index in [0.717, 1.165) is 41.3 Å². The Labute approximate surface area is 156 Å². The molecule has 9 heteroatoms. The first-order valence-electron chi connectivity index (χ1n) is 7.80. The summed E-state index contributed by atoms with van der Waals surface area (Å²) >= 11 is 2.87. The molecule has 0 saturated carbocycles. The van der Waals surface area contributed by atoms with Gasteiger partial charge in [0.15, 0.2) is 0 Å². The Bertz CT molecular complexity index is 806. The average Bonchev–Trinajstić information content (AvgIpc) is 3.19. The fourth-order valence-corrected chi connectivity index (χ4v) is 6.74. The summed E-state index contributed by atoms with van der Waals surface area (Å²) in [5, 5.41) is 6.49. The summed E-state index contributed by atoms with van der Waals surface area (Å²) in [5.41, 5.74) is 0.860. The highest BCUT2D eigenvalue weighted by molar-refractivity contribution is 7.91. The van der Waals surface area contributed by atoms with Crippen LogP contribution in [0.25, 0.3) is 10.6 Å². The Morgan fingerprint density at radius 2 is 1.96 bits per heavy atom. The predicted octanol–water partition coefficient (Wildman–Crippen LogP) is 3.16. The van der Waals surface area contributed by atoms with Gasteiger partial charge in [0.2, 0.25) is 10.0 Å². The SMILES string of the molecule is Cc1nc(-c2ccc(S(=O)(=O)NC3CC4CCC(C3)N4)s2)cs1.Cl. The van der Waals surface area contributed by atoms with Gasteiger partial charge in [-0.25, -0.2) is 18.1 Å². The van der Waals surface area contributed by atoms with E-state index >= 15 is 0 Å². The molecule has 2 saturated heterocycles. The first-order chi connectivity index (χ1) is 11.0. The van der Waals surface area contributed by atoms with E-state index in [1.165, 1.54) is 11.3 Å². The van der Waals surface area contributed by atoms with Gasteiger partial charge in [0.1, 0.15) is 4.21 Å². The molecule has 24 heavy (non-hydrogen) atoms. The van der Waals surface area contributed by atoms with Crippen molar-refractivity contribution < 1.29 is 8.42 Å². The number of piperidine rings is 1. The van der Waals surface area contributed by atoms with Crippen LogP contribution in [0.4, 0.5) is 0 Å². The molecule has 0 aliphatic carbocycles. The lowest BCUT2D eigenvalue weighted by Crippen LogP contribution is -2.47. The van der Waals surface area contributed by atoms with E-state index < -0.39 is 10.0 Å². The van der Waals surface area contributed by atoms with Gasteiger partial charge in [-0.3, -0.25) is 0 Å². The van der Waals surface area contributed by atoms with Crippen molar-refractivity contribution in [1.82, 2.24) is 15.0 Å². The van der Waals surface area contributed by atoms with Gasteiger partial charge in [-0.15, -0.1) is 35.1 Å². The molecule has 2 aliphatic heterocycles. The van der Waals surface area contributed by atoms with Crippen LogP contribution in [0.2, 0.25) is 0 Å². The molecule has 2 aromatic rings. The van der Waals surface area contributed by atoms with E-state index in [4.69, 9.17) is 0 Å². The highest BCUT2D eigenvalue weighted by atomic mass is 35.5. The lowest BCUT2D eigenvalue weighted by molar-refractivity contribution is 0.345. The van der Waals surface area contributed by atoms with Gasteiger partial charge in [-0.05, 0) is 44.7 Å². The number of sulfonamides is 1. The summed E-state index contributed by atoms with van der Waals surface area (Å²) in [4.78, 5) is 5.33. The number of thiazole rings is 1. The average molecular weight is 406 g/mol. The summed E-state index contributed by atoms with van der Waals surface area (Å²) in [5.74, 6) is 0. The van der Waals surface area contributed by atoms with Crippen molar-refractivity contribution in [3.63, 3.8) is 0 Å². The smallest absolute Gasteiger partial charge is 0.250 e. The number of hydrogen-bond acceptors (Lipinski definition) is 6. The highest BCUT2D eigenvalue weighted by Gasteiger charge is 2.35. The monoisotopic (exact) mass is 405 g/mol. The number of halogens is 1. The zero-order valence-corrected chi connectivity index (χ0v) is 16.5. The van der Waals surface area contributed by atoms with Gasteiger partial charge in [0, 0.05) is 23.5 Å². The first-order valence-corrected chi connectivity index (χ1v) is 11.0. The fraction of sp³-hybridized carbons (Fsp3) is 0.533. The molecule has 0 aromatic carbocycles. The van der Waals surface area contributed by atoms with Crippen LogP contribution in [-0.2, 0) is 10.0 Å². The summed E-state index contributed by atoms with van der Waals surface area (Å²) in [6.07, 6.45) is 4.10. The van der Waals surface area contributed by atoms with Gasteiger partial charge in [-0.2, -0.15) is 0 Å². The minimum atomic E-state index is -3.44. The van der Waals surface area contributed by atoms with Crippen LogP contribution in [0.5, 0.6) is 0 Å². The molecule has 2 aliphatic rings. The van der Waals surface area contributed by atoms with Crippen LogP contribution < -0.4 is 10.0 Å². The molecule has 2 fully saturated rings. The summed E-state index contributed by atoms with van der Waals surface area (Å²) in [6.45, 7) is 1.95. The van der Waals surface area contributed by atoms with Crippen molar-refractivity contribution in [1.29, 1.82) is 0 Å². The molecular formula is C15H20ClN3O2S3. The molecule has 132 valence electrons. The zero-order valence-electron chi connectivity index (χ0n) is 13.2. The molecule has 5 nitrogen and oxygen atoms in total.